The van der Waals surface area contributed by atoms with Gasteiger partial charge in [0.05, 0.1) is 6.61 Å². The molecule has 10 nitrogen and oxygen atoms in total. The van der Waals surface area contributed by atoms with Crippen molar-refractivity contribution in [2.24, 2.45) is 5.41 Å². The Labute approximate surface area is 324 Å². The van der Waals surface area contributed by atoms with Crippen molar-refractivity contribution in [3.63, 3.8) is 0 Å². The number of nitrogens with one attached hydrogen (secondary N) is 2. The molecule has 1 aliphatic rings. The molecule has 2 atom stereocenters. The van der Waals surface area contributed by atoms with Gasteiger partial charge in [0.25, 0.3) is 16.8 Å². The molecule has 54 heavy (non-hydrogen) atoms. The molecule has 1 heterocycles. The number of para-hydroxylation sites is 1. The van der Waals surface area contributed by atoms with Crippen LogP contribution < -0.4 is 15.4 Å². The van der Waals surface area contributed by atoms with E-state index in [4.69, 9.17) is 21.1 Å². The minimum absolute atomic E-state index is 0.0204. The standard InChI is InChI=1S/C43H54ClN3O7/c1-9-40(3,4)30-23-24-33(32(27-30)41(5,6)10-2)53-25-17-22-35(48)45-28-42(7,8)37(50)43(44,38(51)46-31-20-15-12-16-21-31)47-36(49)34(54-39(47)52)26-29-18-13-11-14-19-29/h11-16,18-21,23-24,27,34H,9-10,17,22,25-26,28H2,1-8H3,(H,45,48)(H,46,51). The molecule has 3 aromatic rings. The molecule has 1 fully saturated rings. The largest absolute Gasteiger partial charge is 0.493 e. The fourth-order valence-electron chi connectivity index (χ4n) is 6.09. The third kappa shape index (κ3) is 9.50. The van der Waals surface area contributed by atoms with E-state index in [1.54, 1.807) is 60.7 Å². The number of carbonyl (C=O) groups excluding carboxylic acids is 5. The summed E-state index contributed by atoms with van der Waals surface area (Å²) >= 11 is 6.93. The molecule has 1 aliphatic heterocycles. The number of halogens is 1. The minimum Gasteiger partial charge on any atom is -0.493 e. The topological polar surface area (TPSA) is 131 Å². The molecule has 0 spiro atoms. The van der Waals surface area contributed by atoms with Crippen LogP contribution in [0.4, 0.5) is 10.5 Å². The Kier molecular flexibility index (Phi) is 13.4. The summed E-state index contributed by atoms with van der Waals surface area (Å²) in [7, 11) is 0. The maximum atomic E-state index is 14.4. The van der Waals surface area contributed by atoms with Crippen LogP contribution in [0.2, 0.25) is 0 Å². The van der Waals surface area contributed by atoms with Gasteiger partial charge in [-0.3, -0.25) is 19.2 Å². The number of cyclic esters (lactones) is 1. The van der Waals surface area contributed by atoms with E-state index in [1.807, 2.05) is 6.07 Å². The summed E-state index contributed by atoms with van der Waals surface area (Å²) in [6.07, 6.45) is -0.0589. The van der Waals surface area contributed by atoms with E-state index >= 15 is 0 Å². The Balaban J connectivity index is 1.45. The first kappa shape index (κ1) is 42.0. The van der Waals surface area contributed by atoms with Gasteiger partial charge in [0, 0.05) is 36.1 Å². The molecule has 0 saturated carbocycles. The summed E-state index contributed by atoms with van der Waals surface area (Å²) in [6.45, 7) is 16.2. The monoisotopic (exact) mass is 759 g/mol. The number of amides is 4. The quantitative estimate of drug-likeness (QED) is 0.0580. The Bertz CT molecular complexity index is 1830. The second kappa shape index (κ2) is 17.2. The maximum absolute atomic E-state index is 14.4. The van der Waals surface area contributed by atoms with Crippen LogP contribution in [0.3, 0.4) is 0 Å². The number of carbonyl (C=O) groups is 5. The Morgan fingerprint density at radius 1 is 0.852 bits per heavy atom. The van der Waals surface area contributed by atoms with Crippen molar-refractivity contribution >= 4 is 46.9 Å². The summed E-state index contributed by atoms with van der Waals surface area (Å²) in [6, 6.07) is 23.5. The number of ketones is 1. The van der Waals surface area contributed by atoms with Crippen molar-refractivity contribution in [3.05, 3.63) is 95.6 Å². The molecule has 0 bridgehead atoms. The second-order valence-electron chi connectivity index (χ2n) is 15.8. The van der Waals surface area contributed by atoms with Crippen LogP contribution in [-0.2, 0) is 41.2 Å². The van der Waals surface area contributed by atoms with Gasteiger partial charge in [-0.25, -0.2) is 9.69 Å². The van der Waals surface area contributed by atoms with Crippen LogP contribution in [0.15, 0.2) is 78.9 Å². The average Bonchev–Trinajstić information content (AvgIpc) is 3.44. The lowest BCUT2D eigenvalue weighted by atomic mass is 9.76. The van der Waals surface area contributed by atoms with E-state index in [2.05, 4.69) is 64.3 Å². The number of Topliss-reactive ketones (excluding diaryl/α,β-unsaturated/α-hetero) is 1. The van der Waals surface area contributed by atoms with Gasteiger partial charge in [-0.05, 0) is 59.4 Å². The van der Waals surface area contributed by atoms with E-state index in [0.29, 0.717) is 29.2 Å². The molecule has 0 aliphatic carbocycles. The predicted molar refractivity (Wildman–Crippen MR) is 211 cm³/mol. The number of hydrogen-bond acceptors (Lipinski definition) is 7. The minimum atomic E-state index is -2.83. The lowest BCUT2D eigenvalue weighted by Gasteiger charge is -2.36. The zero-order chi connectivity index (χ0) is 39.9. The number of anilines is 1. The molecule has 3 aromatic carbocycles. The first-order valence-electron chi connectivity index (χ1n) is 18.6. The van der Waals surface area contributed by atoms with Gasteiger partial charge < -0.3 is 20.1 Å². The van der Waals surface area contributed by atoms with Gasteiger partial charge in [0.15, 0.2) is 11.9 Å². The van der Waals surface area contributed by atoms with Crippen molar-refractivity contribution in [1.82, 2.24) is 10.2 Å². The Hall–Kier alpha value is -4.70. The lowest BCUT2D eigenvalue weighted by Crippen LogP contribution is -2.64. The van der Waals surface area contributed by atoms with E-state index in [1.165, 1.54) is 19.4 Å². The van der Waals surface area contributed by atoms with Crippen LogP contribution >= 0.6 is 11.6 Å². The van der Waals surface area contributed by atoms with Crippen molar-refractivity contribution in [3.8, 4) is 5.75 Å². The Morgan fingerprint density at radius 2 is 1.46 bits per heavy atom. The first-order valence-corrected chi connectivity index (χ1v) is 19.0. The molecule has 4 amide bonds. The van der Waals surface area contributed by atoms with Crippen LogP contribution in [-0.4, -0.2) is 58.8 Å². The summed E-state index contributed by atoms with van der Waals surface area (Å²) < 4.78 is 11.6. The van der Waals surface area contributed by atoms with Crippen LogP contribution in [0.25, 0.3) is 0 Å². The van der Waals surface area contributed by atoms with Gasteiger partial charge >= 0.3 is 6.09 Å². The highest BCUT2D eigenvalue weighted by Gasteiger charge is 2.62. The van der Waals surface area contributed by atoms with E-state index in [9.17, 15) is 24.0 Å². The fraction of sp³-hybridized carbons (Fsp3) is 0.465. The Morgan fingerprint density at radius 3 is 2.07 bits per heavy atom. The van der Waals surface area contributed by atoms with Gasteiger partial charge in [0.2, 0.25) is 5.91 Å². The maximum Gasteiger partial charge on any atom is 0.419 e. The van der Waals surface area contributed by atoms with Gasteiger partial charge in [-0.15, -0.1) is 0 Å². The normalized spacial score (nSPS) is 16.0. The number of rotatable bonds is 18. The summed E-state index contributed by atoms with van der Waals surface area (Å²) in [5.41, 5.74) is 1.77. The second-order valence-corrected chi connectivity index (χ2v) is 16.4. The zero-order valence-electron chi connectivity index (χ0n) is 32.7. The average molecular weight is 760 g/mol. The summed E-state index contributed by atoms with van der Waals surface area (Å²) in [5, 5.41) is 5.33. The van der Waals surface area contributed by atoms with E-state index < -0.39 is 40.2 Å². The number of ether oxygens (including phenoxy) is 2. The number of hydrogen-bond donors (Lipinski definition) is 2. The van der Waals surface area contributed by atoms with Gasteiger partial charge in [0.1, 0.15) is 5.75 Å². The molecule has 0 aromatic heterocycles. The number of nitrogens with zero attached hydrogens (tertiary/aromatic N) is 1. The molecule has 2 N–H and O–H groups in total. The molecule has 0 radical (unpaired) electrons. The summed E-state index contributed by atoms with van der Waals surface area (Å²) in [5.74, 6) is -2.57. The van der Waals surface area contributed by atoms with E-state index in [0.717, 1.165) is 24.2 Å². The molecular formula is C43H54ClN3O7. The smallest absolute Gasteiger partial charge is 0.419 e. The highest BCUT2D eigenvalue weighted by molar-refractivity contribution is 6.50. The number of alkyl halides is 1. The third-order valence-corrected chi connectivity index (χ3v) is 11.0. The molecule has 290 valence electrons. The van der Waals surface area contributed by atoms with E-state index in [-0.39, 0.29) is 36.1 Å². The van der Waals surface area contributed by atoms with Crippen molar-refractivity contribution in [2.75, 3.05) is 18.5 Å². The molecule has 1 saturated heterocycles. The molecule has 4 rings (SSSR count). The zero-order valence-corrected chi connectivity index (χ0v) is 33.5. The van der Waals surface area contributed by atoms with Crippen LogP contribution in [0, 0.1) is 5.41 Å². The van der Waals surface area contributed by atoms with Crippen molar-refractivity contribution < 1.29 is 33.4 Å². The van der Waals surface area contributed by atoms with Gasteiger partial charge in [-0.2, -0.15) is 0 Å². The highest BCUT2D eigenvalue weighted by atomic mass is 35.5. The van der Waals surface area contributed by atoms with Crippen LogP contribution in [0.1, 0.15) is 97.8 Å². The predicted octanol–water partition coefficient (Wildman–Crippen LogP) is 8.10. The lowest BCUT2D eigenvalue weighted by molar-refractivity contribution is -0.147. The molecular weight excluding hydrogens is 706 g/mol. The van der Waals surface area contributed by atoms with Crippen LogP contribution in [0.5, 0.6) is 5.75 Å². The molecule has 11 heteroatoms. The van der Waals surface area contributed by atoms with Gasteiger partial charge in [-0.1, -0.05) is 128 Å². The SMILES string of the molecule is CCC(C)(C)c1ccc(OCCCC(=O)NCC(C)(C)C(=O)C(Cl)(C(=O)Nc2ccccc2)N2C(=O)OC(Cc3ccccc3)C2=O)c(C(C)(C)CC)c1. The fourth-order valence-corrected chi connectivity index (χ4v) is 6.54. The van der Waals surface area contributed by atoms with Crippen molar-refractivity contribution in [2.45, 2.75) is 109 Å². The number of imide groups is 1. The van der Waals surface area contributed by atoms with Crippen molar-refractivity contribution in [1.29, 1.82) is 0 Å². The summed E-state index contributed by atoms with van der Waals surface area (Å²) in [4.78, 5) is 65.9. The first-order chi connectivity index (χ1) is 25.4. The number of benzene rings is 3. The third-order valence-electron chi connectivity index (χ3n) is 10.5. The highest BCUT2D eigenvalue weighted by Crippen LogP contribution is 2.39. The molecule has 2 unspecified atom stereocenters.